The number of aromatic carboxylic acids is 1. The Morgan fingerprint density at radius 1 is 1.25 bits per heavy atom. The van der Waals surface area contributed by atoms with Gasteiger partial charge in [-0.05, 0) is 63.9 Å². The van der Waals surface area contributed by atoms with Gasteiger partial charge in [0.2, 0.25) is 0 Å². The van der Waals surface area contributed by atoms with Gasteiger partial charge in [-0.3, -0.25) is 9.80 Å². The van der Waals surface area contributed by atoms with Crippen LogP contribution in [0.25, 0.3) is 0 Å². The highest BCUT2D eigenvalue weighted by atomic mass is 16.5. The van der Waals surface area contributed by atoms with Gasteiger partial charge in [0.15, 0.2) is 0 Å². The SMILES string of the molecule is CCO[C@H]1CCN(C[C@@H](C)N2CCCNCC2)[C@H](c2ccc(C(=O)O)cc2)C1. The van der Waals surface area contributed by atoms with Crippen LogP contribution in [0.15, 0.2) is 24.3 Å². The van der Waals surface area contributed by atoms with Gasteiger partial charge >= 0.3 is 5.97 Å². The summed E-state index contributed by atoms with van der Waals surface area (Å²) in [6, 6.07) is 8.20. The van der Waals surface area contributed by atoms with E-state index in [1.807, 2.05) is 12.1 Å². The first-order valence-corrected chi connectivity index (χ1v) is 10.7. The zero-order valence-electron chi connectivity index (χ0n) is 17.3. The van der Waals surface area contributed by atoms with Crippen molar-refractivity contribution in [1.82, 2.24) is 15.1 Å². The van der Waals surface area contributed by atoms with Crippen molar-refractivity contribution in [2.24, 2.45) is 0 Å². The highest BCUT2D eigenvalue weighted by molar-refractivity contribution is 5.87. The Labute approximate surface area is 168 Å². The van der Waals surface area contributed by atoms with Gasteiger partial charge in [0, 0.05) is 44.9 Å². The third-order valence-electron chi connectivity index (χ3n) is 6.11. The van der Waals surface area contributed by atoms with Crippen molar-refractivity contribution in [3.63, 3.8) is 0 Å². The Kier molecular flexibility index (Phi) is 7.85. The molecule has 2 saturated heterocycles. The number of nitrogens with one attached hydrogen (secondary N) is 1. The number of rotatable bonds is 7. The number of piperidine rings is 1. The summed E-state index contributed by atoms with van der Waals surface area (Å²) in [5.74, 6) is -0.873. The summed E-state index contributed by atoms with van der Waals surface area (Å²) in [6.45, 7) is 11.6. The normalized spacial score (nSPS) is 25.9. The van der Waals surface area contributed by atoms with E-state index >= 15 is 0 Å². The van der Waals surface area contributed by atoms with Crippen LogP contribution >= 0.6 is 0 Å². The minimum Gasteiger partial charge on any atom is -0.478 e. The third kappa shape index (κ3) is 5.54. The molecule has 0 spiro atoms. The van der Waals surface area contributed by atoms with Crippen molar-refractivity contribution in [1.29, 1.82) is 0 Å². The van der Waals surface area contributed by atoms with Crippen molar-refractivity contribution in [2.75, 3.05) is 45.9 Å². The van der Waals surface area contributed by atoms with E-state index in [1.165, 1.54) is 12.0 Å². The minimum absolute atomic E-state index is 0.278. The van der Waals surface area contributed by atoms with Crippen LogP contribution in [0, 0.1) is 0 Å². The number of ether oxygens (including phenoxy) is 1. The fraction of sp³-hybridized carbons (Fsp3) is 0.682. The molecular formula is C22H35N3O3. The molecule has 2 aliphatic heterocycles. The van der Waals surface area contributed by atoms with Gasteiger partial charge in [-0.1, -0.05) is 12.1 Å². The van der Waals surface area contributed by atoms with Crippen LogP contribution in [0.3, 0.4) is 0 Å². The standard InChI is InChI=1S/C22H35N3O3/c1-3-28-20-9-13-25(16-17(2)24-12-4-10-23-11-14-24)21(15-20)18-5-7-19(8-6-18)22(26)27/h5-8,17,20-21,23H,3-4,9-16H2,1-2H3,(H,26,27)/t17-,20+,21+/m1/s1. The van der Waals surface area contributed by atoms with Crippen LogP contribution in [-0.2, 0) is 4.74 Å². The Balaban J connectivity index is 1.72. The van der Waals surface area contributed by atoms with Crippen molar-refractivity contribution in [3.8, 4) is 0 Å². The van der Waals surface area contributed by atoms with Crippen molar-refractivity contribution in [2.45, 2.75) is 51.3 Å². The predicted octanol–water partition coefficient (Wildman–Crippen LogP) is 2.61. The highest BCUT2D eigenvalue weighted by Gasteiger charge is 2.31. The van der Waals surface area contributed by atoms with Crippen LogP contribution < -0.4 is 5.32 Å². The number of nitrogens with zero attached hydrogens (tertiary/aromatic N) is 2. The maximum Gasteiger partial charge on any atom is 0.335 e. The molecule has 3 atom stereocenters. The Bertz CT molecular complexity index is 614. The van der Waals surface area contributed by atoms with E-state index in [9.17, 15) is 9.90 Å². The number of hydrogen-bond acceptors (Lipinski definition) is 5. The molecule has 2 fully saturated rings. The highest BCUT2D eigenvalue weighted by Crippen LogP contribution is 2.33. The van der Waals surface area contributed by atoms with Gasteiger partial charge in [0.1, 0.15) is 0 Å². The maximum absolute atomic E-state index is 11.2. The monoisotopic (exact) mass is 389 g/mol. The van der Waals surface area contributed by atoms with E-state index in [4.69, 9.17) is 4.74 Å². The minimum atomic E-state index is -0.873. The molecule has 0 bridgehead atoms. The summed E-state index contributed by atoms with van der Waals surface area (Å²) in [6.07, 6.45) is 3.51. The van der Waals surface area contributed by atoms with Gasteiger partial charge < -0.3 is 15.2 Å². The summed E-state index contributed by atoms with van der Waals surface area (Å²) in [5.41, 5.74) is 1.54. The summed E-state index contributed by atoms with van der Waals surface area (Å²) in [7, 11) is 0. The average molecular weight is 390 g/mol. The molecule has 156 valence electrons. The lowest BCUT2D eigenvalue weighted by molar-refractivity contribution is -0.0179. The molecule has 2 heterocycles. The molecule has 0 radical (unpaired) electrons. The smallest absolute Gasteiger partial charge is 0.335 e. The summed E-state index contributed by atoms with van der Waals surface area (Å²) >= 11 is 0. The second kappa shape index (κ2) is 10.3. The van der Waals surface area contributed by atoms with E-state index < -0.39 is 5.97 Å². The van der Waals surface area contributed by atoms with E-state index in [2.05, 4.69) is 29.0 Å². The molecule has 6 heteroatoms. The summed E-state index contributed by atoms with van der Waals surface area (Å²) in [5, 5.41) is 12.7. The topological polar surface area (TPSA) is 65.0 Å². The van der Waals surface area contributed by atoms with Crippen LogP contribution in [0.4, 0.5) is 0 Å². The number of carboxylic acids is 1. The van der Waals surface area contributed by atoms with Gasteiger partial charge in [-0.2, -0.15) is 0 Å². The largest absolute Gasteiger partial charge is 0.478 e. The quantitative estimate of drug-likeness (QED) is 0.747. The third-order valence-corrected chi connectivity index (χ3v) is 6.11. The number of carboxylic acid groups (broad SMARTS) is 1. The second-order valence-corrected chi connectivity index (χ2v) is 8.03. The zero-order valence-corrected chi connectivity index (χ0v) is 17.3. The molecule has 28 heavy (non-hydrogen) atoms. The van der Waals surface area contributed by atoms with Crippen molar-refractivity contribution in [3.05, 3.63) is 35.4 Å². The first kappa shape index (κ1) is 21.2. The van der Waals surface area contributed by atoms with Gasteiger partial charge in [-0.25, -0.2) is 4.79 Å². The zero-order chi connectivity index (χ0) is 19.9. The molecule has 0 amide bonds. The molecule has 0 unspecified atom stereocenters. The lowest BCUT2D eigenvalue weighted by atomic mass is 9.92. The summed E-state index contributed by atoms with van der Waals surface area (Å²) < 4.78 is 5.94. The van der Waals surface area contributed by atoms with Crippen LogP contribution in [0.1, 0.15) is 55.1 Å². The van der Waals surface area contributed by atoms with E-state index in [1.54, 1.807) is 12.1 Å². The molecule has 2 N–H and O–H groups in total. The number of carbonyl (C=O) groups is 1. The Hall–Kier alpha value is -1.47. The van der Waals surface area contributed by atoms with Gasteiger partial charge in [0.05, 0.1) is 11.7 Å². The maximum atomic E-state index is 11.2. The number of benzene rings is 1. The molecule has 0 saturated carbocycles. The van der Waals surface area contributed by atoms with Crippen LogP contribution in [0.5, 0.6) is 0 Å². The van der Waals surface area contributed by atoms with E-state index in [0.29, 0.717) is 11.6 Å². The average Bonchev–Trinajstić information content (AvgIpc) is 2.99. The Morgan fingerprint density at radius 2 is 2.04 bits per heavy atom. The van der Waals surface area contributed by atoms with E-state index in [0.717, 1.165) is 58.7 Å². The van der Waals surface area contributed by atoms with Crippen LogP contribution in [-0.4, -0.2) is 78.9 Å². The van der Waals surface area contributed by atoms with Gasteiger partial charge in [-0.15, -0.1) is 0 Å². The van der Waals surface area contributed by atoms with Crippen molar-refractivity contribution < 1.29 is 14.6 Å². The van der Waals surface area contributed by atoms with Crippen LogP contribution in [0.2, 0.25) is 0 Å². The molecule has 6 nitrogen and oxygen atoms in total. The molecule has 2 aliphatic rings. The predicted molar refractivity (Wildman–Crippen MR) is 111 cm³/mol. The molecule has 1 aromatic rings. The van der Waals surface area contributed by atoms with Gasteiger partial charge in [0.25, 0.3) is 0 Å². The lowest BCUT2D eigenvalue weighted by Gasteiger charge is -2.42. The fourth-order valence-corrected chi connectivity index (χ4v) is 4.54. The first-order valence-electron chi connectivity index (χ1n) is 10.7. The molecule has 0 aliphatic carbocycles. The lowest BCUT2D eigenvalue weighted by Crippen LogP contribution is -2.48. The van der Waals surface area contributed by atoms with E-state index in [-0.39, 0.29) is 12.1 Å². The molecule has 1 aromatic carbocycles. The number of likely N-dealkylation sites (tertiary alicyclic amines) is 1. The molecule has 0 aromatic heterocycles. The molecule has 3 rings (SSSR count). The summed E-state index contributed by atoms with van der Waals surface area (Å²) in [4.78, 5) is 16.4. The molecular weight excluding hydrogens is 354 g/mol. The fourth-order valence-electron chi connectivity index (χ4n) is 4.54. The Morgan fingerprint density at radius 3 is 2.75 bits per heavy atom. The van der Waals surface area contributed by atoms with Crippen molar-refractivity contribution >= 4 is 5.97 Å². The number of hydrogen-bond donors (Lipinski definition) is 2. The second-order valence-electron chi connectivity index (χ2n) is 8.03. The first-order chi connectivity index (χ1) is 13.6.